The molecule has 11 nitrogen and oxygen atoms in total. The highest BCUT2D eigenvalue weighted by Crippen LogP contribution is 2.43. The van der Waals surface area contributed by atoms with E-state index in [1.807, 2.05) is 6.92 Å². The Morgan fingerprint density at radius 3 is 2.53 bits per heavy atom. The SMILES string of the molecule is CCO[C@@H]1C[C@@H]2C(C(=O)OC)=CO[C@H](O[C@@H]3O[C@H](CO)[C@@H](O)[C@H](O)[C@H]3O)[C@@H]2[C@H](C)O1. The summed E-state index contributed by atoms with van der Waals surface area (Å²) < 4.78 is 33.2. The lowest BCUT2D eigenvalue weighted by Gasteiger charge is -2.47. The number of carbonyl (C=O) groups excluding carboxylic acids is 1. The van der Waals surface area contributed by atoms with Crippen LogP contribution in [-0.2, 0) is 33.2 Å². The molecule has 172 valence electrons. The Hall–Kier alpha value is -1.31. The summed E-state index contributed by atoms with van der Waals surface area (Å²) in [5.74, 6) is -1.39. The van der Waals surface area contributed by atoms with Crippen molar-refractivity contribution in [3.63, 3.8) is 0 Å². The number of hydrogen-bond acceptors (Lipinski definition) is 11. The molecule has 11 heteroatoms. The maximum absolute atomic E-state index is 12.3. The number of rotatable bonds is 6. The van der Waals surface area contributed by atoms with Gasteiger partial charge in [-0.15, -0.1) is 0 Å². The minimum Gasteiger partial charge on any atom is -0.471 e. The van der Waals surface area contributed by atoms with Crippen molar-refractivity contribution in [3.05, 3.63) is 11.8 Å². The van der Waals surface area contributed by atoms with Gasteiger partial charge in [-0.2, -0.15) is 0 Å². The zero-order valence-electron chi connectivity index (χ0n) is 17.1. The van der Waals surface area contributed by atoms with Crippen LogP contribution < -0.4 is 0 Å². The Balaban J connectivity index is 1.82. The molecule has 0 aromatic rings. The first-order valence-corrected chi connectivity index (χ1v) is 9.99. The first-order chi connectivity index (χ1) is 14.3. The average Bonchev–Trinajstić information content (AvgIpc) is 2.73. The number of aliphatic hydroxyl groups is 4. The maximum Gasteiger partial charge on any atom is 0.337 e. The van der Waals surface area contributed by atoms with Gasteiger partial charge in [0.15, 0.2) is 12.6 Å². The van der Waals surface area contributed by atoms with Crippen LogP contribution in [0, 0.1) is 11.8 Å². The molecule has 3 aliphatic heterocycles. The molecule has 0 aliphatic carbocycles. The third-order valence-electron chi connectivity index (χ3n) is 5.75. The molecule has 0 spiro atoms. The summed E-state index contributed by atoms with van der Waals surface area (Å²) in [6, 6.07) is 0. The van der Waals surface area contributed by atoms with E-state index in [0.29, 0.717) is 18.6 Å². The molecule has 3 heterocycles. The lowest BCUT2D eigenvalue weighted by Crippen LogP contribution is -2.61. The molecule has 3 aliphatic rings. The summed E-state index contributed by atoms with van der Waals surface area (Å²) in [5, 5.41) is 39.6. The van der Waals surface area contributed by atoms with Crippen LogP contribution in [0.4, 0.5) is 0 Å². The molecule has 2 saturated heterocycles. The first kappa shape index (κ1) is 23.4. The lowest BCUT2D eigenvalue weighted by atomic mass is 9.77. The topological polar surface area (TPSA) is 153 Å². The number of esters is 1. The minimum atomic E-state index is -1.58. The Bertz CT molecular complexity index is 624. The number of aliphatic hydroxyl groups excluding tert-OH is 4. The lowest BCUT2D eigenvalue weighted by molar-refractivity contribution is -0.353. The van der Waals surface area contributed by atoms with Gasteiger partial charge in [0.05, 0.1) is 37.6 Å². The third-order valence-corrected chi connectivity index (χ3v) is 5.75. The zero-order chi connectivity index (χ0) is 22.0. The molecule has 0 saturated carbocycles. The predicted molar refractivity (Wildman–Crippen MR) is 97.4 cm³/mol. The van der Waals surface area contributed by atoms with E-state index in [2.05, 4.69) is 0 Å². The van der Waals surface area contributed by atoms with E-state index in [9.17, 15) is 25.2 Å². The van der Waals surface area contributed by atoms with E-state index in [1.165, 1.54) is 13.4 Å². The Kier molecular flexibility index (Phi) is 7.69. The fourth-order valence-electron chi connectivity index (χ4n) is 4.19. The summed E-state index contributed by atoms with van der Waals surface area (Å²) in [7, 11) is 1.28. The summed E-state index contributed by atoms with van der Waals surface area (Å²) in [4.78, 5) is 12.3. The van der Waals surface area contributed by atoms with E-state index in [4.69, 9.17) is 28.4 Å². The highest BCUT2D eigenvalue weighted by atomic mass is 16.8. The predicted octanol–water partition coefficient (Wildman–Crippen LogP) is -1.38. The molecule has 0 bridgehead atoms. The smallest absolute Gasteiger partial charge is 0.337 e. The van der Waals surface area contributed by atoms with E-state index in [1.54, 1.807) is 6.92 Å². The molecule has 30 heavy (non-hydrogen) atoms. The van der Waals surface area contributed by atoms with E-state index in [-0.39, 0.29) is 5.92 Å². The fraction of sp³-hybridized carbons (Fsp3) is 0.842. The standard InChI is InChI=1S/C19H30O11/c1-4-26-12-5-9-10(17(24)25-3)7-27-18(13(9)8(2)28-12)30-19-16(23)15(22)14(21)11(6-20)29-19/h7-9,11-16,18-23H,4-6H2,1-3H3/t8-,9+,11+,12-,13+,14+,15-,16+,18+,19-/m0/s1. The second-order valence-corrected chi connectivity index (χ2v) is 7.55. The van der Waals surface area contributed by atoms with Gasteiger partial charge in [0.25, 0.3) is 0 Å². The van der Waals surface area contributed by atoms with Gasteiger partial charge in [0.1, 0.15) is 24.4 Å². The van der Waals surface area contributed by atoms with E-state index >= 15 is 0 Å². The number of fused-ring (bicyclic) bond motifs is 1. The van der Waals surface area contributed by atoms with Gasteiger partial charge in [-0.3, -0.25) is 0 Å². The van der Waals surface area contributed by atoms with E-state index < -0.39 is 67.9 Å². The van der Waals surface area contributed by atoms with Gasteiger partial charge in [-0.1, -0.05) is 0 Å². The number of hydrogen-bond donors (Lipinski definition) is 4. The monoisotopic (exact) mass is 434 g/mol. The van der Waals surface area contributed by atoms with Crippen molar-refractivity contribution in [2.45, 2.75) is 69.7 Å². The van der Waals surface area contributed by atoms with Crippen molar-refractivity contribution in [1.29, 1.82) is 0 Å². The minimum absolute atomic E-state index is 0.316. The summed E-state index contributed by atoms with van der Waals surface area (Å²) >= 11 is 0. The Labute approximate surface area is 174 Å². The average molecular weight is 434 g/mol. The molecule has 0 radical (unpaired) electrons. The Morgan fingerprint density at radius 2 is 1.90 bits per heavy atom. The number of ether oxygens (including phenoxy) is 6. The van der Waals surface area contributed by atoms with Crippen molar-refractivity contribution in [2.75, 3.05) is 20.3 Å². The van der Waals surface area contributed by atoms with Crippen LogP contribution in [0.3, 0.4) is 0 Å². The van der Waals surface area contributed by atoms with E-state index in [0.717, 1.165) is 0 Å². The molecular weight excluding hydrogens is 404 g/mol. The normalized spacial score (nSPS) is 43.9. The second kappa shape index (κ2) is 9.88. The number of methoxy groups -OCH3 is 1. The van der Waals surface area contributed by atoms with Gasteiger partial charge in [-0.25, -0.2) is 4.79 Å². The van der Waals surface area contributed by atoms with Crippen molar-refractivity contribution in [1.82, 2.24) is 0 Å². The quantitative estimate of drug-likeness (QED) is 0.366. The largest absolute Gasteiger partial charge is 0.471 e. The van der Waals surface area contributed by atoms with Gasteiger partial charge < -0.3 is 48.8 Å². The van der Waals surface area contributed by atoms with Crippen LogP contribution in [0.15, 0.2) is 11.8 Å². The maximum atomic E-state index is 12.3. The van der Waals surface area contributed by atoms with Crippen LogP contribution in [0.2, 0.25) is 0 Å². The summed E-state index contributed by atoms with van der Waals surface area (Å²) in [6.45, 7) is 3.49. The molecule has 0 amide bonds. The van der Waals surface area contributed by atoms with Crippen LogP contribution in [-0.4, -0.2) is 96.1 Å². The molecule has 0 aromatic heterocycles. The molecule has 0 unspecified atom stereocenters. The molecule has 4 N–H and O–H groups in total. The van der Waals surface area contributed by atoms with Crippen molar-refractivity contribution < 1.29 is 53.6 Å². The fourth-order valence-corrected chi connectivity index (χ4v) is 4.19. The van der Waals surface area contributed by atoms with Crippen LogP contribution in [0.25, 0.3) is 0 Å². The summed E-state index contributed by atoms with van der Waals surface area (Å²) in [6.07, 6.45) is -7.51. The van der Waals surface area contributed by atoms with Gasteiger partial charge >= 0.3 is 5.97 Å². The van der Waals surface area contributed by atoms with Gasteiger partial charge in [-0.05, 0) is 13.8 Å². The first-order valence-electron chi connectivity index (χ1n) is 9.99. The molecule has 2 fully saturated rings. The third kappa shape index (κ3) is 4.48. The second-order valence-electron chi connectivity index (χ2n) is 7.55. The van der Waals surface area contributed by atoms with Crippen molar-refractivity contribution in [2.24, 2.45) is 11.8 Å². The van der Waals surface area contributed by atoms with Crippen LogP contribution in [0.5, 0.6) is 0 Å². The summed E-state index contributed by atoms with van der Waals surface area (Å²) in [5.41, 5.74) is 0.316. The highest BCUT2D eigenvalue weighted by Gasteiger charge is 2.51. The zero-order valence-corrected chi connectivity index (χ0v) is 17.1. The highest BCUT2D eigenvalue weighted by molar-refractivity contribution is 5.88. The van der Waals surface area contributed by atoms with Crippen molar-refractivity contribution >= 4 is 5.97 Å². The molecule has 0 aromatic carbocycles. The van der Waals surface area contributed by atoms with Gasteiger partial charge in [0, 0.05) is 18.9 Å². The van der Waals surface area contributed by atoms with Crippen LogP contribution >= 0.6 is 0 Å². The van der Waals surface area contributed by atoms with Crippen molar-refractivity contribution in [3.8, 4) is 0 Å². The van der Waals surface area contributed by atoms with Crippen LogP contribution in [0.1, 0.15) is 20.3 Å². The number of carbonyl (C=O) groups is 1. The Morgan fingerprint density at radius 1 is 1.17 bits per heavy atom. The molecular formula is C19H30O11. The van der Waals surface area contributed by atoms with Gasteiger partial charge in [0.2, 0.25) is 6.29 Å². The molecule has 3 rings (SSSR count). The molecule has 10 atom stereocenters.